The van der Waals surface area contributed by atoms with E-state index in [1.165, 1.54) is 0 Å². The van der Waals surface area contributed by atoms with Gasteiger partial charge in [-0.1, -0.05) is 6.58 Å². The van der Waals surface area contributed by atoms with Crippen LogP contribution in [0, 0.1) is 5.92 Å². The quantitative estimate of drug-likeness (QED) is 0.406. The highest BCUT2D eigenvalue weighted by Gasteiger charge is 2.66. The lowest BCUT2D eigenvalue weighted by molar-refractivity contribution is -0.140. The SMILES string of the molecule is C=C1C(=O)O[C@H]2[C@@H]1C[C@@H](O)[C@]1(C)O[C@@H]1CC[C@@]1(C)O[C@H]21. The molecule has 3 aliphatic heterocycles. The Balaban J connectivity index is 1.66. The number of aliphatic hydroxyl groups excluding tert-OH is 1. The first kappa shape index (κ1) is 12.8. The van der Waals surface area contributed by atoms with Crippen LogP contribution in [0.2, 0.25) is 0 Å². The fourth-order valence-electron chi connectivity index (χ4n) is 3.86. The van der Waals surface area contributed by atoms with Crippen molar-refractivity contribution in [3.63, 3.8) is 0 Å². The molecule has 0 radical (unpaired) electrons. The predicted molar refractivity (Wildman–Crippen MR) is 68.9 cm³/mol. The Kier molecular flexibility index (Phi) is 2.33. The molecule has 0 spiro atoms. The molecule has 110 valence electrons. The van der Waals surface area contributed by atoms with Gasteiger partial charge in [0, 0.05) is 11.5 Å². The molecule has 5 heteroatoms. The fourth-order valence-corrected chi connectivity index (χ4v) is 3.86. The molecule has 5 nitrogen and oxygen atoms in total. The van der Waals surface area contributed by atoms with E-state index < -0.39 is 11.7 Å². The molecule has 1 N–H and O–H groups in total. The molecule has 7 atom stereocenters. The largest absolute Gasteiger partial charge is 0.455 e. The highest BCUT2D eigenvalue weighted by atomic mass is 16.7. The summed E-state index contributed by atoms with van der Waals surface area (Å²) in [7, 11) is 0. The van der Waals surface area contributed by atoms with Crippen LogP contribution < -0.4 is 0 Å². The molecule has 0 aromatic carbocycles. The van der Waals surface area contributed by atoms with Crippen molar-refractivity contribution in [3.05, 3.63) is 12.2 Å². The summed E-state index contributed by atoms with van der Waals surface area (Å²) in [6.45, 7) is 7.83. The molecule has 0 unspecified atom stereocenters. The van der Waals surface area contributed by atoms with Gasteiger partial charge in [-0.3, -0.25) is 0 Å². The summed E-state index contributed by atoms with van der Waals surface area (Å²) in [6, 6.07) is 0. The summed E-state index contributed by atoms with van der Waals surface area (Å²) < 4.78 is 17.0. The van der Waals surface area contributed by atoms with Crippen LogP contribution >= 0.6 is 0 Å². The van der Waals surface area contributed by atoms with Crippen molar-refractivity contribution >= 4 is 5.97 Å². The van der Waals surface area contributed by atoms with Crippen molar-refractivity contribution in [1.82, 2.24) is 0 Å². The van der Waals surface area contributed by atoms with Crippen LogP contribution in [0.15, 0.2) is 12.2 Å². The van der Waals surface area contributed by atoms with Crippen LogP contribution in [0.4, 0.5) is 0 Å². The predicted octanol–water partition coefficient (Wildman–Crippen LogP) is 0.944. The zero-order valence-corrected chi connectivity index (χ0v) is 11.8. The Morgan fingerprint density at radius 3 is 2.85 bits per heavy atom. The Morgan fingerprint density at radius 2 is 2.10 bits per heavy atom. The number of aliphatic hydroxyl groups is 1. The molecular weight excluding hydrogens is 260 g/mol. The normalized spacial score (nSPS) is 57.2. The van der Waals surface area contributed by atoms with Gasteiger partial charge in [0.2, 0.25) is 0 Å². The number of hydrogen-bond acceptors (Lipinski definition) is 5. The van der Waals surface area contributed by atoms with Gasteiger partial charge in [0.05, 0.1) is 17.8 Å². The monoisotopic (exact) mass is 280 g/mol. The van der Waals surface area contributed by atoms with E-state index >= 15 is 0 Å². The molecule has 1 aliphatic carbocycles. The maximum absolute atomic E-state index is 11.8. The van der Waals surface area contributed by atoms with Gasteiger partial charge in [-0.15, -0.1) is 0 Å². The van der Waals surface area contributed by atoms with E-state index in [4.69, 9.17) is 14.2 Å². The summed E-state index contributed by atoms with van der Waals surface area (Å²) in [6.07, 6.45) is 1.26. The molecule has 3 heterocycles. The lowest BCUT2D eigenvalue weighted by Gasteiger charge is -2.24. The number of rotatable bonds is 0. The Hall–Kier alpha value is -0.910. The molecular formula is C15H20O5. The highest BCUT2D eigenvalue weighted by Crippen LogP contribution is 2.54. The first-order valence-corrected chi connectivity index (χ1v) is 7.29. The third kappa shape index (κ3) is 1.57. The second-order valence-electron chi connectivity index (χ2n) is 6.93. The number of ether oxygens (including phenoxy) is 3. The van der Waals surface area contributed by atoms with E-state index in [2.05, 4.69) is 13.5 Å². The van der Waals surface area contributed by atoms with E-state index in [-0.39, 0.29) is 35.8 Å². The average molecular weight is 280 g/mol. The second-order valence-corrected chi connectivity index (χ2v) is 6.93. The zero-order chi connectivity index (χ0) is 14.3. The maximum atomic E-state index is 11.8. The van der Waals surface area contributed by atoms with Gasteiger partial charge in [0.15, 0.2) is 0 Å². The van der Waals surface area contributed by atoms with Gasteiger partial charge in [-0.25, -0.2) is 4.79 Å². The molecule has 4 fully saturated rings. The topological polar surface area (TPSA) is 71.6 Å². The fraction of sp³-hybridized carbons (Fsp3) is 0.800. The summed E-state index contributed by atoms with van der Waals surface area (Å²) in [5, 5.41) is 10.4. The van der Waals surface area contributed by atoms with Gasteiger partial charge in [-0.05, 0) is 33.1 Å². The molecule has 0 aromatic rings. The first-order chi connectivity index (χ1) is 9.35. The Labute approximate surface area is 117 Å². The second kappa shape index (κ2) is 3.64. The minimum absolute atomic E-state index is 0.0778. The van der Waals surface area contributed by atoms with Crippen molar-refractivity contribution in [2.45, 2.75) is 68.7 Å². The Bertz CT molecular complexity index is 502. The maximum Gasteiger partial charge on any atom is 0.334 e. The average Bonchev–Trinajstić information content (AvgIpc) is 3.23. The van der Waals surface area contributed by atoms with Crippen LogP contribution in [0.25, 0.3) is 0 Å². The molecule has 20 heavy (non-hydrogen) atoms. The molecule has 0 aromatic heterocycles. The zero-order valence-electron chi connectivity index (χ0n) is 11.8. The van der Waals surface area contributed by atoms with Crippen LogP contribution in [-0.2, 0) is 19.0 Å². The minimum atomic E-state index is -0.602. The number of esters is 1. The Morgan fingerprint density at radius 1 is 1.35 bits per heavy atom. The number of carbonyl (C=O) groups excluding carboxylic acids is 1. The number of carbonyl (C=O) groups is 1. The number of fused-ring (bicyclic) bond motifs is 4. The third-order valence-electron chi connectivity index (χ3n) is 5.61. The third-order valence-corrected chi connectivity index (χ3v) is 5.61. The lowest BCUT2D eigenvalue weighted by Crippen LogP contribution is -2.37. The highest BCUT2D eigenvalue weighted by molar-refractivity contribution is 5.91. The van der Waals surface area contributed by atoms with E-state index in [1.54, 1.807) is 0 Å². The summed E-state index contributed by atoms with van der Waals surface area (Å²) in [5.74, 6) is -0.535. The van der Waals surface area contributed by atoms with E-state index in [1.807, 2.05) is 6.92 Å². The van der Waals surface area contributed by atoms with Crippen LogP contribution in [-0.4, -0.2) is 46.7 Å². The lowest BCUT2D eigenvalue weighted by atomic mass is 9.80. The van der Waals surface area contributed by atoms with Crippen molar-refractivity contribution in [2.75, 3.05) is 0 Å². The summed E-state index contributed by atoms with van der Waals surface area (Å²) >= 11 is 0. The smallest absolute Gasteiger partial charge is 0.334 e. The minimum Gasteiger partial charge on any atom is -0.455 e. The van der Waals surface area contributed by atoms with Gasteiger partial charge in [0.1, 0.15) is 17.8 Å². The van der Waals surface area contributed by atoms with E-state index in [0.717, 1.165) is 12.8 Å². The van der Waals surface area contributed by atoms with Gasteiger partial charge >= 0.3 is 5.97 Å². The van der Waals surface area contributed by atoms with E-state index in [0.29, 0.717) is 12.0 Å². The molecule has 4 aliphatic rings. The molecule has 4 rings (SSSR count). The van der Waals surface area contributed by atoms with Gasteiger partial charge in [-0.2, -0.15) is 0 Å². The van der Waals surface area contributed by atoms with Crippen molar-refractivity contribution < 1.29 is 24.1 Å². The van der Waals surface area contributed by atoms with Crippen molar-refractivity contribution in [1.29, 1.82) is 0 Å². The van der Waals surface area contributed by atoms with Crippen molar-refractivity contribution in [3.8, 4) is 0 Å². The van der Waals surface area contributed by atoms with Crippen molar-refractivity contribution in [2.24, 2.45) is 5.92 Å². The number of epoxide rings is 2. The first-order valence-electron chi connectivity index (χ1n) is 7.29. The molecule has 3 saturated heterocycles. The van der Waals surface area contributed by atoms with Crippen LogP contribution in [0.1, 0.15) is 33.1 Å². The van der Waals surface area contributed by atoms with Gasteiger partial charge in [0.25, 0.3) is 0 Å². The molecule has 0 amide bonds. The molecule has 0 bridgehead atoms. The summed E-state index contributed by atoms with van der Waals surface area (Å²) in [5.41, 5.74) is -0.273. The van der Waals surface area contributed by atoms with Gasteiger partial charge < -0.3 is 19.3 Å². The number of hydrogen-bond donors (Lipinski definition) is 1. The standard InChI is InChI=1S/C15H20O5/c1-7-8-6-9(16)15(3)10(19-15)4-5-14(2)12(20-14)11(8)18-13(7)17/h8-12,16H,1,4-6H2,2-3H3/t8-,9-,10-,11+,12-,14-,15+/m1/s1. The van der Waals surface area contributed by atoms with E-state index in [9.17, 15) is 9.90 Å². The van der Waals surface area contributed by atoms with Crippen LogP contribution in [0.3, 0.4) is 0 Å². The summed E-state index contributed by atoms with van der Waals surface area (Å²) in [4.78, 5) is 11.8. The molecule has 1 saturated carbocycles. The van der Waals surface area contributed by atoms with Crippen LogP contribution in [0.5, 0.6) is 0 Å².